The summed E-state index contributed by atoms with van der Waals surface area (Å²) < 4.78 is 12.3. The molecule has 0 aliphatic heterocycles. The number of carbonyl (C=O) groups excluding carboxylic acids is 1. The van der Waals surface area contributed by atoms with Crippen LogP contribution in [0, 0.1) is 0 Å². The first-order valence-corrected chi connectivity index (χ1v) is 9.06. The number of amides is 1. The van der Waals surface area contributed by atoms with Gasteiger partial charge in [0.25, 0.3) is 0 Å². The monoisotopic (exact) mass is 380 g/mol. The van der Waals surface area contributed by atoms with Crippen LogP contribution in [-0.2, 0) is 24.3 Å². The molecule has 0 aliphatic carbocycles. The summed E-state index contributed by atoms with van der Waals surface area (Å²) in [7, 11) is 3.21. The summed E-state index contributed by atoms with van der Waals surface area (Å²) >= 11 is 0. The lowest BCUT2D eigenvalue weighted by Gasteiger charge is -2.10. The van der Waals surface area contributed by atoms with Gasteiger partial charge < -0.3 is 14.8 Å². The van der Waals surface area contributed by atoms with Gasteiger partial charge in [-0.05, 0) is 35.2 Å². The lowest BCUT2D eigenvalue weighted by molar-refractivity contribution is -0.121. The van der Waals surface area contributed by atoms with Gasteiger partial charge >= 0.3 is 0 Å². The van der Waals surface area contributed by atoms with Crippen molar-refractivity contribution in [3.05, 3.63) is 71.8 Å². The fourth-order valence-corrected chi connectivity index (χ4v) is 2.85. The molecule has 2 aromatic carbocycles. The Labute approximate surface area is 164 Å². The van der Waals surface area contributed by atoms with Gasteiger partial charge in [0.05, 0.1) is 20.8 Å². The predicted molar refractivity (Wildman–Crippen MR) is 105 cm³/mol. The van der Waals surface area contributed by atoms with Crippen LogP contribution in [0.15, 0.2) is 55.1 Å². The smallest absolute Gasteiger partial charge is 0.220 e. The number of aromatic nitrogens is 3. The van der Waals surface area contributed by atoms with Gasteiger partial charge in [-0.25, -0.2) is 9.67 Å². The summed E-state index contributed by atoms with van der Waals surface area (Å²) in [4.78, 5) is 16.1. The molecule has 0 saturated carbocycles. The van der Waals surface area contributed by atoms with Crippen LogP contribution in [0.25, 0.3) is 0 Å². The van der Waals surface area contributed by atoms with Crippen molar-refractivity contribution in [3.8, 4) is 11.5 Å². The predicted octanol–water partition coefficient (Wildman–Crippen LogP) is 2.59. The molecular weight excluding hydrogens is 356 g/mol. The molecule has 0 spiro atoms. The highest BCUT2D eigenvalue weighted by Crippen LogP contribution is 2.27. The van der Waals surface area contributed by atoms with Crippen LogP contribution in [-0.4, -0.2) is 34.9 Å². The Balaban J connectivity index is 1.45. The van der Waals surface area contributed by atoms with Gasteiger partial charge in [-0.2, -0.15) is 5.10 Å². The number of nitrogens with one attached hydrogen (secondary N) is 1. The third kappa shape index (κ3) is 5.33. The Morgan fingerprint density at radius 1 is 1.00 bits per heavy atom. The van der Waals surface area contributed by atoms with Crippen molar-refractivity contribution >= 4 is 5.91 Å². The van der Waals surface area contributed by atoms with Crippen LogP contribution in [0.2, 0.25) is 0 Å². The quantitative estimate of drug-likeness (QED) is 0.617. The summed E-state index contributed by atoms with van der Waals surface area (Å²) in [6.45, 7) is 1.19. The lowest BCUT2D eigenvalue weighted by Crippen LogP contribution is -2.23. The Morgan fingerprint density at radius 3 is 2.39 bits per heavy atom. The van der Waals surface area contributed by atoms with E-state index in [9.17, 15) is 4.79 Å². The third-order valence-electron chi connectivity index (χ3n) is 4.41. The van der Waals surface area contributed by atoms with E-state index in [1.54, 1.807) is 25.2 Å². The van der Waals surface area contributed by atoms with Crippen LogP contribution in [0.4, 0.5) is 0 Å². The molecule has 7 nitrogen and oxygen atoms in total. The number of hydrogen-bond donors (Lipinski definition) is 1. The van der Waals surface area contributed by atoms with Crippen LogP contribution >= 0.6 is 0 Å². The number of nitrogens with zero attached hydrogens (tertiary/aromatic N) is 3. The van der Waals surface area contributed by atoms with Gasteiger partial charge in [-0.15, -0.1) is 0 Å². The van der Waals surface area contributed by atoms with Crippen molar-refractivity contribution in [3.63, 3.8) is 0 Å². The van der Waals surface area contributed by atoms with Crippen molar-refractivity contribution in [1.82, 2.24) is 20.1 Å². The van der Waals surface area contributed by atoms with Crippen molar-refractivity contribution < 1.29 is 14.3 Å². The Morgan fingerprint density at radius 2 is 1.71 bits per heavy atom. The van der Waals surface area contributed by atoms with E-state index in [1.807, 2.05) is 42.5 Å². The van der Waals surface area contributed by atoms with Gasteiger partial charge in [-0.3, -0.25) is 4.79 Å². The number of hydrogen-bond acceptors (Lipinski definition) is 5. The Kier molecular flexibility index (Phi) is 6.62. The molecule has 0 bridgehead atoms. The molecule has 0 atom stereocenters. The van der Waals surface area contributed by atoms with Crippen molar-refractivity contribution in [2.24, 2.45) is 0 Å². The van der Waals surface area contributed by atoms with Crippen molar-refractivity contribution in [1.29, 1.82) is 0 Å². The van der Waals surface area contributed by atoms with Gasteiger partial charge in [0.2, 0.25) is 5.91 Å². The highest BCUT2D eigenvalue weighted by Gasteiger charge is 2.07. The first kappa shape index (κ1) is 19.4. The molecule has 1 N–H and O–H groups in total. The number of methoxy groups -OCH3 is 2. The van der Waals surface area contributed by atoms with Crippen LogP contribution < -0.4 is 14.8 Å². The zero-order chi connectivity index (χ0) is 19.8. The molecule has 1 amide bonds. The maximum absolute atomic E-state index is 12.2. The molecular formula is C21H24N4O3. The second-order valence-corrected chi connectivity index (χ2v) is 6.38. The zero-order valence-corrected chi connectivity index (χ0v) is 16.1. The Hall–Kier alpha value is -3.35. The van der Waals surface area contributed by atoms with Crippen LogP contribution in [0.5, 0.6) is 11.5 Å². The molecule has 0 fully saturated rings. The van der Waals surface area contributed by atoms with E-state index >= 15 is 0 Å². The average molecular weight is 380 g/mol. The fraction of sp³-hybridized carbons (Fsp3) is 0.286. The molecule has 0 radical (unpaired) electrons. The Bertz CT molecular complexity index is 893. The van der Waals surface area contributed by atoms with E-state index in [2.05, 4.69) is 15.4 Å². The van der Waals surface area contributed by atoms with Crippen LogP contribution in [0.1, 0.15) is 23.1 Å². The molecule has 3 aromatic rings. The number of benzene rings is 2. The van der Waals surface area contributed by atoms with E-state index in [1.165, 1.54) is 6.33 Å². The normalized spacial score (nSPS) is 10.5. The van der Waals surface area contributed by atoms with Gasteiger partial charge in [-0.1, -0.05) is 30.3 Å². The van der Waals surface area contributed by atoms with Gasteiger partial charge in [0.15, 0.2) is 11.5 Å². The number of aryl methyl sites for hydroxylation is 1. The first-order chi connectivity index (χ1) is 13.7. The SMILES string of the molecule is COc1ccc(CCC(=O)NCc2ccc(Cn3cncn3)cc2)cc1OC. The maximum Gasteiger partial charge on any atom is 0.220 e. The van der Waals surface area contributed by atoms with E-state index in [-0.39, 0.29) is 5.91 Å². The minimum absolute atomic E-state index is 0.0153. The van der Waals surface area contributed by atoms with E-state index < -0.39 is 0 Å². The summed E-state index contributed by atoms with van der Waals surface area (Å²) in [6.07, 6.45) is 4.27. The maximum atomic E-state index is 12.2. The summed E-state index contributed by atoms with van der Waals surface area (Å²) in [5, 5.41) is 7.06. The zero-order valence-electron chi connectivity index (χ0n) is 16.1. The van der Waals surface area contributed by atoms with Gasteiger partial charge in [0, 0.05) is 13.0 Å². The minimum atomic E-state index is 0.0153. The number of rotatable bonds is 9. The summed E-state index contributed by atoms with van der Waals surface area (Å²) in [6, 6.07) is 13.8. The fourth-order valence-electron chi connectivity index (χ4n) is 2.85. The molecule has 1 heterocycles. The standard InChI is InChI=1S/C21H24N4O3/c1-27-19-9-7-16(11-20(19)28-2)8-10-21(26)23-12-17-3-5-18(6-4-17)13-25-15-22-14-24-25/h3-7,9,11,14-15H,8,10,12-13H2,1-2H3,(H,23,26). The molecule has 1 aromatic heterocycles. The summed E-state index contributed by atoms with van der Waals surface area (Å²) in [5.41, 5.74) is 3.22. The number of carbonyl (C=O) groups is 1. The van der Waals surface area contributed by atoms with E-state index in [0.717, 1.165) is 16.7 Å². The highest BCUT2D eigenvalue weighted by molar-refractivity contribution is 5.76. The van der Waals surface area contributed by atoms with E-state index in [4.69, 9.17) is 9.47 Å². The lowest BCUT2D eigenvalue weighted by atomic mass is 10.1. The molecule has 7 heteroatoms. The van der Waals surface area contributed by atoms with Crippen molar-refractivity contribution in [2.45, 2.75) is 25.9 Å². The molecule has 0 aliphatic rings. The molecule has 0 unspecified atom stereocenters. The molecule has 3 rings (SSSR count). The summed E-state index contributed by atoms with van der Waals surface area (Å²) in [5.74, 6) is 1.37. The van der Waals surface area contributed by atoms with E-state index in [0.29, 0.717) is 37.4 Å². The first-order valence-electron chi connectivity index (χ1n) is 9.06. The van der Waals surface area contributed by atoms with Gasteiger partial charge in [0.1, 0.15) is 12.7 Å². The second kappa shape index (κ2) is 9.55. The largest absolute Gasteiger partial charge is 0.493 e. The number of ether oxygens (including phenoxy) is 2. The minimum Gasteiger partial charge on any atom is -0.493 e. The van der Waals surface area contributed by atoms with Crippen LogP contribution in [0.3, 0.4) is 0 Å². The van der Waals surface area contributed by atoms with Crippen molar-refractivity contribution in [2.75, 3.05) is 14.2 Å². The molecule has 0 saturated heterocycles. The average Bonchev–Trinajstić information content (AvgIpc) is 3.24. The topological polar surface area (TPSA) is 78.3 Å². The molecule has 28 heavy (non-hydrogen) atoms. The second-order valence-electron chi connectivity index (χ2n) is 6.38. The third-order valence-corrected chi connectivity index (χ3v) is 4.41. The highest BCUT2D eigenvalue weighted by atomic mass is 16.5. The molecule has 146 valence electrons.